The summed E-state index contributed by atoms with van der Waals surface area (Å²) in [6, 6.07) is 0. The van der Waals surface area contributed by atoms with Gasteiger partial charge in [-0.25, -0.2) is 0 Å². The number of nitrogens with two attached hydrogens (primary N) is 1. The van der Waals surface area contributed by atoms with Crippen LogP contribution in [0.5, 0.6) is 0 Å². The molecule has 24 valence electrons. The third-order valence-corrected chi connectivity index (χ3v) is 0. The second kappa shape index (κ2) is 17.0. The van der Waals surface area contributed by atoms with Crippen molar-refractivity contribution in [1.29, 1.82) is 5.26 Å². The molecule has 0 rings (SSSR count). The van der Waals surface area contributed by atoms with E-state index in [-0.39, 0.29) is 81.2 Å². The van der Waals surface area contributed by atoms with E-state index in [1.807, 2.05) is 0 Å². The first-order valence-electron chi connectivity index (χ1n) is 0.512. The van der Waals surface area contributed by atoms with Crippen LogP contribution < -0.4 is 5.73 Å². The number of nitriles is 1. The van der Waals surface area contributed by atoms with Crippen LogP contribution in [0, 0.1) is 11.5 Å². The molecule has 0 fully saturated rings. The quantitative estimate of drug-likeness (QED) is 0.260. The van der Waals surface area contributed by atoms with E-state index in [9.17, 15) is 0 Å². The van der Waals surface area contributed by atoms with Crippen LogP contribution in [-0.4, -0.2) is 75.5 Å². The molecule has 0 amide bonds. The van der Waals surface area contributed by atoms with Crippen LogP contribution in [0.25, 0.3) is 0 Å². The van der Waals surface area contributed by atoms with Crippen molar-refractivity contribution in [2.24, 2.45) is 5.73 Å². The van der Waals surface area contributed by atoms with Crippen molar-refractivity contribution in [2.45, 2.75) is 0 Å². The van der Waals surface area contributed by atoms with E-state index in [1.165, 1.54) is 6.19 Å². The van der Waals surface area contributed by atoms with Crippen molar-refractivity contribution < 1.29 is 5.71 Å². The molecule has 2 nitrogen and oxygen atoms in total. The van der Waals surface area contributed by atoms with Crippen molar-refractivity contribution >= 4 is 75.5 Å². The Morgan fingerprint density at radius 1 is 1.60 bits per heavy atom. The maximum absolute atomic E-state index is 7.10. The molecule has 0 aliphatic heterocycles. The summed E-state index contributed by atoms with van der Waals surface area (Å²) in [5.74, 6) is 0. The molecule has 0 unspecified atom stereocenters. The van der Waals surface area contributed by atoms with E-state index in [0.717, 1.165) is 0 Å². The molecule has 0 aromatic heterocycles. The minimum Gasteiger partial charge on any atom is -1.00 e. The molecule has 0 atom stereocenters. The van der Waals surface area contributed by atoms with E-state index in [4.69, 9.17) is 5.26 Å². The molecule has 0 saturated carbocycles. The van der Waals surface area contributed by atoms with Crippen molar-refractivity contribution in [1.82, 2.24) is 0 Å². The fourth-order valence-corrected chi connectivity index (χ4v) is 0. The standard InChI is InChI=1S/CH2N2.2Ca.4H/c2-1-3;;;;;;/h2H2;;;;;;/q;2*+2;4*-1. The van der Waals surface area contributed by atoms with Gasteiger partial charge in [0.25, 0.3) is 0 Å². The molecule has 0 saturated heterocycles. The second-order valence-corrected chi connectivity index (χ2v) is 0.129. The zero-order valence-corrected chi connectivity index (χ0v) is 7.36. The maximum atomic E-state index is 7.10. The van der Waals surface area contributed by atoms with Gasteiger partial charge in [-0.3, -0.25) is 0 Å². The Bertz CT molecular complexity index is 38.0. The van der Waals surface area contributed by atoms with Gasteiger partial charge in [0, 0.05) is 0 Å². The van der Waals surface area contributed by atoms with Gasteiger partial charge in [-0.05, 0) is 0 Å². The van der Waals surface area contributed by atoms with Gasteiger partial charge in [0.1, 0.15) is 0 Å². The Labute approximate surface area is 96.6 Å². The summed E-state index contributed by atoms with van der Waals surface area (Å²) in [5, 5.41) is 7.10. The minimum atomic E-state index is 0. The largest absolute Gasteiger partial charge is 2.00 e. The zero-order valence-electron chi connectivity index (χ0n) is 6.94. The minimum absolute atomic E-state index is 0. The number of nitrogens with zero attached hydrogens (tertiary/aromatic N) is 1. The molecule has 2 N–H and O–H groups in total. The van der Waals surface area contributed by atoms with Gasteiger partial charge >= 0.3 is 75.5 Å². The zero-order chi connectivity index (χ0) is 2.71. The molecule has 5 heavy (non-hydrogen) atoms. The van der Waals surface area contributed by atoms with Crippen molar-refractivity contribution in [2.75, 3.05) is 0 Å². The molecule has 0 spiro atoms. The van der Waals surface area contributed by atoms with Crippen LogP contribution in [0.15, 0.2) is 0 Å². The smallest absolute Gasteiger partial charge is 1.00 e. The molecular weight excluding hydrogens is 120 g/mol. The molecule has 0 bridgehead atoms. The molecule has 0 aliphatic carbocycles. The molecule has 0 aromatic carbocycles. The topological polar surface area (TPSA) is 49.8 Å². The summed E-state index contributed by atoms with van der Waals surface area (Å²) < 4.78 is 0. The molecule has 4 heteroatoms. The van der Waals surface area contributed by atoms with Crippen LogP contribution in [0.2, 0.25) is 0 Å². The monoisotopic (exact) mass is 126 g/mol. The van der Waals surface area contributed by atoms with Crippen molar-refractivity contribution in [3.8, 4) is 6.19 Å². The van der Waals surface area contributed by atoms with Gasteiger partial charge < -0.3 is 11.4 Å². The van der Waals surface area contributed by atoms with E-state index in [2.05, 4.69) is 5.73 Å². The molecule has 0 aliphatic rings. The Balaban J connectivity index is -0.00000000133. The predicted molar refractivity (Wildman–Crippen MR) is 25.8 cm³/mol. The Morgan fingerprint density at radius 2 is 1.60 bits per heavy atom. The second-order valence-electron chi connectivity index (χ2n) is 0.129. The first kappa shape index (κ1) is 15.8. The van der Waals surface area contributed by atoms with Gasteiger partial charge in [0.05, 0.1) is 0 Å². The Hall–Kier alpha value is 1.81. The van der Waals surface area contributed by atoms with Gasteiger partial charge in [-0.2, -0.15) is 5.26 Å². The predicted octanol–water partition coefficient (Wildman–Crippen LogP) is -0.885. The normalized spacial score (nSPS) is 1.40. The molecular formula is CH6Ca2N2. The van der Waals surface area contributed by atoms with Crippen LogP contribution in [0.3, 0.4) is 0 Å². The number of hydrogen-bond acceptors (Lipinski definition) is 2. The van der Waals surface area contributed by atoms with Gasteiger partial charge in [0.15, 0.2) is 6.19 Å². The van der Waals surface area contributed by atoms with Crippen LogP contribution in [-0.2, 0) is 0 Å². The fraction of sp³-hybridized carbons (Fsp3) is 0. The van der Waals surface area contributed by atoms with E-state index in [0.29, 0.717) is 0 Å². The van der Waals surface area contributed by atoms with Gasteiger partial charge in [0.2, 0.25) is 0 Å². The fourth-order valence-electron chi connectivity index (χ4n) is 0. The van der Waals surface area contributed by atoms with Crippen molar-refractivity contribution in [3.63, 3.8) is 0 Å². The van der Waals surface area contributed by atoms with Crippen molar-refractivity contribution in [3.05, 3.63) is 0 Å². The number of hydrogen-bond donors (Lipinski definition) is 1. The summed E-state index contributed by atoms with van der Waals surface area (Å²) in [4.78, 5) is 0. The summed E-state index contributed by atoms with van der Waals surface area (Å²) in [7, 11) is 0. The maximum Gasteiger partial charge on any atom is 2.00 e. The first-order valence-corrected chi connectivity index (χ1v) is 0.512. The first-order chi connectivity index (χ1) is 1.41. The SMILES string of the molecule is N#CN.[Ca+2].[Ca+2].[H-].[H-].[H-].[H-]. The number of rotatable bonds is 0. The summed E-state index contributed by atoms with van der Waals surface area (Å²) in [6.45, 7) is 0. The molecule has 0 aromatic rings. The van der Waals surface area contributed by atoms with E-state index >= 15 is 0 Å². The van der Waals surface area contributed by atoms with E-state index in [1.54, 1.807) is 0 Å². The average Bonchev–Trinajstić information content (AvgIpc) is 0.918. The summed E-state index contributed by atoms with van der Waals surface area (Å²) in [5.41, 5.74) is 4.15. The summed E-state index contributed by atoms with van der Waals surface area (Å²) in [6.07, 6.45) is 1.25. The third-order valence-electron chi connectivity index (χ3n) is 0. The molecule has 0 heterocycles. The van der Waals surface area contributed by atoms with Crippen LogP contribution in [0.4, 0.5) is 0 Å². The average molecular weight is 126 g/mol. The van der Waals surface area contributed by atoms with Gasteiger partial charge in [-0.15, -0.1) is 0 Å². The third kappa shape index (κ3) is 25.7. The van der Waals surface area contributed by atoms with Crippen LogP contribution in [0.1, 0.15) is 5.71 Å². The Kier molecular flexibility index (Phi) is 53.9. The molecule has 0 radical (unpaired) electrons. The van der Waals surface area contributed by atoms with Crippen LogP contribution >= 0.6 is 0 Å². The van der Waals surface area contributed by atoms with E-state index < -0.39 is 0 Å². The summed E-state index contributed by atoms with van der Waals surface area (Å²) >= 11 is 0. The van der Waals surface area contributed by atoms with Gasteiger partial charge in [-0.1, -0.05) is 0 Å². The Morgan fingerprint density at radius 3 is 1.60 bits per heavy atom.